The van der Waals surface area contributed by atoms with E-state index in [0.29, 0.717) is 5.92 Å². The van der Waals surface area contributed by atoms with E-state index in [1.807, 2.05) is 24.1 Å². The predicted octanol–water partition coefficient (Wildman–Crippen LogP) is 3.02. The molecule has 1 saturated carbocycles. The number of fused-ring (bicyclic) bond motifs is 1. The van der Waals surface area contributed by atoms with E-state index in [2.05, 4.69) is 40.7 Å². The van der Waals surface area contributed by atoms with Gasteiger partial charge in [-0.15, -0.1) is 0 Å². The van der Waals surface area contributed by atoms with Gasteiger partial charge in [0.1, 0.15) is 0 Å². The number of likely N-dealkylation sites (N-methyl/N-ethyl adjacent to an activating group) is 1. The second kappa shape index (κ2) is 5.11. The maximum atomic E-state index is 12.9. The number of nitrogens with zero attached hydrogens (tertiary/aromatic N) is 1. The summed E-state index contributed by atoms with van der Waals surface area (Å²) in [5.41, 5.74) is 2.00. The number of rotatable bonds is 3. The first-order valence-electron chi connectivity index (χ1n) is 9.33. The Hall–Kier alpha value is -1.33. The molecular formula is C20H28BNO3. The lowest BCUT2D eigenvalue weighted by Crippen LogP contribution is -2.41. The molecule has 25 heavy (non-hydrogen) atoms. The van der Waals surface area contributed by atoms with Crippen LogP contribution in [0.3, 0.4) is 0 Å². The maximum Gasteiger partial charge on any atom is 0.494 e. The summed E-state index contributed by atoms with van der Waals surface area (Å²) in [6, 6.07) is 6.22. The van der Waals surface area contributed by atoms with Gasteiger partial charge in [-0.25, -0.2) is 0 Å². The monoisotopic (exact) mass is 341 g/mol. The van der Waals surface area contributed by atoms with Crippen molar-refractivity contribution in [3.8, 4) is 0 Å². The van der Waals surface area contributed by atoms with Gasteiger partial charge in [0.2, 0.25) is 5.91 Å². The molecule has 0 bridgehead atoms. The van der Waals surface area contributed by atoms with Crippen molar-refractivity contribution in [1.82, 2.24) is 0 Å². The second-order valence-electron chi connectivity index (χ2n) is 9.21. The van der Waals surface area contributed by atoms with Gasteiger partial charge in [0.25, 0.3) is 0 Å². The first-order valence-corrected chi connectivity index (χ1v) is 9.33. The van der Waals surface area contributed by atoms with Gasteiger partial charge in [0.15, 0.2) is 0 Å². The van der Waals surface area contributed by atoms with Crippen molar-refractivity contribution in [2.45, 2.75) is 70.5 Å². The lowest BCUT2D eigenvalue weighted by atomic mass is 9.73. The van der Waals surface area contributed by atoms with E-state index in [-0.39, 0.29) is 24.2 Å². The molecule has 4 nitrogen and oxygen atoms in total. The van der Waals surface area contributed by atoms with Crippen molar-refractivity contribution in [1.29, 1.82) is 0 Å². The zero-order valence-corrected chi connectivity index (χ0v) is 16.2. The second-order valence-corrected chi connectivity index (χ2v) is 9.21. The van der Waals surface area contributed by atoms with Gasteiger partial charge in [-0.3, -0.25) is 4.79 Å². The molecule has 0 aromatic heterocycles. The average Bonchev–Trinajstić information content (AvgIpc) is 3.28. The molecule has 2 fully saturated rings. The van der Waals surface area contributed by atoms with Gasteiger partial charge in [-0.1, -0.05) is 25.0 Å². The Balaban J connectivity index is 1.72. The Labute approximate surface area is 151 Å². The number of benzene rings is 1. The van der Waals surface area contributed by atoms with E-state index in [1.165, 1.54) is 12.8 Å². The summed E-state index contributed by atoms with van der Waals surface area (Å²) in [7, 11) is 1.50. The zero-order chi connectivity index (χ0) is 18.2. The predicted molar refractivity (Wildman–Crippen MR) is 100 cm³/mol. The van der Waals surface area contributed by atoms with Crippen LogP contribution in [0.5, 0.6) is 0 Å². The normalized spacial score (nSPS) is 30.1. The van der Waals surface area contributed by atoms with Crippen LogP contribution in [0.15, 0.2) is 18.2 Å². The standard InChI is InChI=1S/C20H28BNO3/c1-18(2)19(3,4)25-21(24-18)14-9-10-16-15(11-14)20(5,12-13-7-8-13)17(23)22(16)6/h9-11,13H,7-8,12H2,1-6H3. The van der Waals surface area contributed by atoms with Crippen LogP contribution in [0.2, 0.25) is 0 Å². The first kappa shape index (κ1) is 17.1. The molecule has 0 N–H and O–H groups in total. The SMILES string of the molecule is CN1C(=O)C(C)(CC2CC2)c2cc(B3OC(C)(C)C(C)(C)O3)ccc21. The van der Waals surface area contributed by atoms with Crippen LogP contribution in [0, 0.1) is 5.92 Å². The minimum Gasteiger partial charge on any atom is -0.399 e. The zero-order valence-electron chi connectivity index (χ0n) is 16.2. The fraction of sp³-hybridized carbons (Fsp3) is 0.650. The van der Waals surface area contributed by atoms with E-state index in [4.69, 9.17) is 9.31 Å². The maximum absolute atomic E-state index is 12.9. The molecule has 4 rings (SSSR count). The van der Waals surface area contributed by atoms with Gasteiger partial charge in [-0.05, 0) is 64.1 Å². The van der Waals surface area contributed by atoms with Crippen LogP contribution in [-0.2, 0) is 19.5 Å². The lowest BCUT2D eigenvalue weighted by Gasteiger charge is -2.32. The van der Waals surface area contributed by atoms with Crippen LogP contribution in [0.1, 0.15) is 59.4 Å². The highest BCUT2D eigenvalue weighted by Crippen LogP contribution is 2.49. The summed E-state index contributed by atoms with van der Waals surface area (Å²) < 4.78 is 12.4. The molecule has 2 aliphatic heterocycles. The highest BCUT2D eigenvalue weighted by atomic mass is 16.7. The third-order valence-corrected chi connectivity index (χ3v) is 6.67. The van der Waals surface area contributed by atoms with E-state index >= 15 is 0 Å². The lowest BCUT2D eigenvalue weighted by molar-refractivity contribution is -0.122. The Morgan fingerprint density at radius 2 is 1.72 bits per heavy atom. The summed E-state index contributed by atoms with van der Waals surface area (Å²) in [4.78, 5) is 14.8. The van der Waals surface area contributed by atoms with Gasteiger partial charge in [-0.2, -0.15) is 0 Å². The Bertz CT molecular complexity index is 724. The van der Waals surface area contributed by atoms with Gasteiger partial charge in [0.05, 0.1) is 16.6 Å². The van der Waals surface area contributed by atoms with Crippen molar-refractivity contribution >= 4 is 24.2 Å². The van der Waals surface area contributed by atoms with Gasteiger partial charge >= 0.3 is 7.12 Å². The minimum atomic E-state index is -0.426. The van der Waals surface area contributed by atoms with Gasteiger partial charge in [0, 0.05) is 12.7 Å². The van der Waals surface area contributed by atoms with Crippen molar-refractivity contribution in [3.05, 3.63) is 23.8 Å². The number of carbonyl (C=O) groups is 1. The smallest absolute Gasteiger partial charge is 0.399 e. The summed E-state index contributed by atoms with van der Waals surface area (Å²) in [6.45, 7) is 10.4. The average molecular weight is 341 g/mol. The number of hydrogen-bond acceptors (Lipinski definition) is 3. The van der Waals surface area contributed by atoms with Crippen LogP contribution in [0.25, 0.3) is 0 Å². The Morgan fingerprint density at radius 1 is 1.12 bits per heavy atom. The number of hydrogen-bond donors (Lipinski definition) is 0. The molecule has 134 valence electrons. The molecule has 1 aliphatic carbocycles. The van der Waals surface area contributed by atoms with Crippen molar-refractivity contribution in [2.75, 3.05) is 11.9 Å². The van der Waals surface area contributed by atoms with E-state index in [9.17, 15) is 4.79 Å². The topological polar surface area (TPSA) is 38.8 Å². The van der Waals surface area contributed by atoms with Crippen molar-refractivity contribution in [2.24, 2.45) is 5.92 Å². The number of anilines is 1. The summed E-state index contributed by atoms with van der Waals surface area (Å²) in [5.74, 6) is 0.897. The fourth-order valence-corrected chi connectivity index (χ4v) is 4.11. The molecule has 1 saturated heterocycles. The molecular weight excluding hydrogens is 313 g/mol. The summed E-state index contributed by atoms with van der Waals surface area (Å²) in [5, 5.41) is 0. The quantitative estimate of drug-likeness (QED) is 0.794. The third kappa shape index (κ3) is 2.47. The van der Waals surface area contributed by atoms with Crippen molar-refractivity contribution in [3.63, 3.8) is 0 Å². The molecule has 1 atom stereocenters. The van der Waals surface area contributed by atoms with Crippen LogP contribution in [0.4, 0.5) is 5.69 Å². The van der Waals surface area contributed by atoms with E-state index in [0.717, 1.165) is 23.1 Å². The molecule has 0 radical (unpaired) electrons. The highest BCUT2D eigenvalue weighted by Gasteiger charge is 2.53. The molecule has 2 heterocycles. The third-order valence-electron chi connectivity index (χ3n) is 6.67. The van der Waals surface area contributed by atoms with Crippen molar-refractivity contribution < 1.29 is 14.1 Å². The molecule has 1 aromatic rings. The number of amides is 1. The minimum absolute atomic E-state index is 0.209. The molecule has 1 unspecified atom stereocenters. The molecule has 1 aromatic carbocycles. The molecule has 0 spiro atoms. The Morgan fingerprint density at radius 3 is 2.28 bits per heavy atom. The van der Waals surface area contributed by atoms with Crippen LogP contribution < -0.4 is 10.4 Å². The molecule has 3 aliphatic rings. The van der Waals surface area contributed by atoms with Crippen LogP contribution in [-0.4, -0.2) is 31.3 Å². The summed E-state index contributed by atoms with van der Waals surface area (Å²) >= 11 is 0. The first-order chi connectivity index (χ1) is 11.6. The van der Waals surface area contributed by atoms with Crippen LogP contribution >= 0.6 is 0 Å². The largest absolute Gasteiger partial charge is 0.494 e. The summed E-state index contributed by atoms with van der Waals surface area (Å²) in [6.07, 6.45) is 3.44. The molecule has 5 heteroatoms. The van der Waals surface area contributed by atoms with Gasteiger partial charge < -0.3 is 14.2 Å². The van der Waals surface area contributed by atoms with E-state index in [1.54, 1.807) is 0 Å². The Kier molecular flexibility index (Phi) is 3.49. The van der Waals surface area contributed by atoms with E-state index < -0.39 is 5.41 Å². The highest BCUT2D eigenvalue weighted by molar-refractivity contribution is 6.62. The fourth-order valence-electron chi connectivity index (χ4n) is 4.11. The number of carbonyl (C=O) groups excluding carboxylic acids is 1. The molecule has 1 amide bonds.